The van der Waals surface area contributed by atoms with Gasteiger partial charge in [-0.2, -0.15) is 0 Å². The van der Waals surface area contributed by atoms with Gasteiger partial charge in [-0.05, 0) is 30.1 Å². The van der Waals surface area contributed by atoms with Gasteiger partial charge in [0.1, 0.15) is 0 Å². The fourth-order valence-corrected chi connectivity index (χ4v) is 1.35. The van der Waals surface area contributed by atoms with E-state index in [4.69, 9.17) is 0 Å². The first-order valence-corrected chi connectivity index (χ1v) is 5.47. The third kappa shape index (κ3) is 3.74. The molecule has 0 saturated heterocycles. The highest BCUT2D eigenvalue weighted by Gasteiger charge is 1.98. The fraction of sp³-hybridized carbons (Fsp3) is 0.125. The molecule has 0 aromatic heterocycles. The molecule has 0 heterocycles. The number of hydrogen-bond donors (Lipinski definition) is 0. The van der Waals surface area contributed by atoms with Crippen molar-refractivity contribution in [3.63, 3.8) is 0 Å². The Hall–Kier alpha value is -1.82. The average Bonchev–Trinajstić information content (AvgIpc) is 2.34. The van der Waals surface area contributed by atoms with Gasteiger partial charge in [-0.3, -0.25) is 0 Å². The number of rotatable bonds is 5. The molecule has 0 amide bonds. The van der Waals surface area contributed by atoms with Crippen molar-refractivity contribution < 1.29 is 0 Å². The van der Waals surface area contributed by atoms with Crippen molar-refractivity contribution in [2.75, 3.05) is 0 Å². The van der Waals surface area contributed by atoms with Crippen LogP contribution in [0.3, 0.4) is 0 Å². The lowest BCUT2D eigenvalue weighted by Crippen LogP contribution is -1.83. The molecule has 0 aliphatic heterocycles. The third-order valence-corrected chi connectivity index (χ3v) is 2.34. The fourth-order valence-electron chi connectivity index (χ4n) is 1.35. The summed E-state index contributed by atoms with van der Waals surface area (Å²) in [5.74, 6) is 0. The summed E-state index contributed by atoms with van der Waals surface area (Å²) >= 11 is 0. The molecular weight excluding hydrogens is 192 g/mol. The van der Waals surface area contributed by atoms with Gasteiger partial charge < -0.3 is 0 Å². The molecule has 0 saturated carbocycles. The van der Waals surface area contributed by atoms with Crippen molar-refractivity contribution in [2.24, 2.45) is 0 Å². The number of allylic oxidation sites excluding steroid dienone is 6. The van der Waals surface area contributed by atoms with Crippen molar-refractivity contribution >= 4 is 5.57 Å². The second-order valence-corrected chi connectivity index (χ2v) is 3.58. The lowest BCUT2D eigenvalue weighted by molar-refractivity contribution is 1.37. The normalized spacial score (nSPS) is 11.1. The maximum absolute atomic E-state index is 4.05. The zero-order valence-corrected chi connectivity index (χ0v) is 9.82. The van der Waals surface area contributed by atoms with Crippen LogP contribution in [0.25, 0.3) is 5.57 Å². The minimum Gasteiger partial charge on any atom is -0.0914 e. The topological polar surface area (TPSA) is 0 Å². The Labute approximate surface area is 98.3 Å². The number of hydrogen-bond acceptors (Lipinski definition) is 0. The quantitative estimate of drug-likeness (QED) is 0.484. The summed E-state index contributed by atoms with van der Waals surface area (Å²) in [4.78, 5) is 0. The Bertz CT molecular complexity index is 405. The van der Waals surface area contributed by atoms with E-state index in [0.29, 0.717) is 0 Å². The minimum absolute atomic E-state index is 0.942. The molecule has 0 nitrogen and oxygen atoms in total. The van der Waals surface area contributed by atoms with Gasteiger partial charge in [-0.1, -0.05) is 67.8 Å². The van der Waals surface area contributed by atoms with Gasteiger partial charge in [0.15, 0.2) is 0 Å². The van der Waals surface area contributed by atoms with Crippen LogP contribution in [0.4, 0.5) is 0 Å². The Morgan fingerprint density at radius 1 is 1.12 bits per heavy atom. The van der Waals surface area contributed by atoms with E-state index in [1.807, 2.05) is 49.4 Å². The summed E-state index contributed by atoms with van der Waals surface area (Å²) in [5, 5.41) is 0. The summed E-state index contributed by atoms with van der Waals surface area (Å²) in [6.07, 6.45) is 9.21. The third-order valence-electron chi connectivity index (χ3n) is 2.34. The molecule has 0 aliphatic carbocycles. The van der Waals surface area contributed by atoms with Crippen LogP contribution < -0.4 is 0 Å². The number of benzene rings is 1. The molecule has 16 heavy (non-hydrogen) atoms. The monoisotopic (exact) mass is 210 g/mol. The van der Waals surface area contributed by atoms with Crippen molar-refractivity contribution in [1.82, 2.24) is 0 Å². The highest BCUT2D eigenvalue weighted by Crippen LogP contribution is 2.20. The summed E-state index contributed by atoms with van der Waals surface area (Å²) in [6.45, 7) is 10.1. The Morgan fingerprint density at radius 3 is 2.44 bits per heavy atom. The van der Waals surface area contributed by atoms with Crippen LogP contribution in [0.1, 0.15) is 18.9 Å². The lowest BCUT2D eigenvalue weighted by Gasteiger charge is -2.04. The van der Waals surface area contributed by atoms with E-state index in [1.54, 1.807) is 0 Å². The Balaban J connectivity index is 2.62. The van der Waals surface area contributed by atoms with E-state index in [1.165, 1.54) is 0 Å². The predicted octanol–water partition coefficient (Wildman–Crippen LogP) is 4.78. The van der Waals surface area contributed by atoms with Gasteiger partial charge in [-0.25, -0.2) is 0 Å². The van der Waals surface area contributed by atoms with Crippen LogP contribution in [0.5, 0.6) is 0 Å². The molecule has 0 spiro atoms. The van der Waals surface area contributed by atoms with Crippen molar-refractivity contribution in [2.45, 2.75) is 13.3 Å². The van der Waals surface area contributed by atoms with Gasteiger partial charge in [0, 0.05) is 0 Å². The highest BCUT2D eigenvalue weighted by molar-refractivity contribution is 5.79. The van der Waals surface area contributed by atoms with Crippen LogP contribution in [-0.4, -0.2) is 0 Å². The lowest BCUT2D eigenvalue weighted by atomic mass is 10.0. The van der Waals surface area contributed by atoms with Gasteiger partial charge in [0.25, 0.3) is 0 Å². The van der Waals surface area contributed by atoms with Gasteiger partial charge in [0.2, 0.25) is 0 Å². The summed E-state index contributed by atoms with van der Waals surface area (Å²) in [5.41, 5.74) is 3.08. The van der Waals surface area contributed by atoms with E-state index in [9.17, 15) is 0 Å². The molecule has 0 heteroatoms. The first-order valence-electron chi connectivity index (χ1n) is 5.47. The van der Waals surface area contributed by atoms with Gasteiger partial charge in [-0.15, -0.1) is 0 Å². The molecule has 0 N–H and O–H groups in total. The first kappa shape index (κ1) is 12.3. The largest absolute Gasteiger partial charge is 0.0914 e. The van der Waals surface area contributed by atoms with Crippen LogP contribution in [0.15, 0.2) is 73.4 Å². The molecule has 0 unspecified atom stereocenters. The molecule has 0 aliphatic rings. The van der Waals surface area contributed by atoms with Crippen molar-refractivity contribution in [3.05, 3.63) is 78.9 Å². The molecular formula is C16H18. The maximum Gasteiger partial charge on any atom is -0.0166 e. The smallest absolute Gasteiger partial charge is 0.0166 e. The van der Waals surface area contributed by atoms with Crippen molar-refractivity contribution in [3.8, 4) is 0 Å². The summed E-state index contributed by atoms with van der Waals surface area (Å²) in [6, 6.07) is 10.1. The molecule has 0 fully saturated rings. The van der Waals surface area contributed by atoms with Crippen molar-refractivity contribution in [1.29, 1.82) is 0 Å². The maximum atomic E-state index is 4.05. The van der Waals surface area contributed by atoms with E-state index in [0.717, 1.165) is 23.1 Å². The molecule has 0 bridgehead atoms. The molecule has 0 atom stereocenters. The minimum atomic E-state index is 0.942. The van der Waals surface area contributed by atoms with Crippen LogP contribution >= 0.6 is 0 Å². The SMILES string of the molecule is C=C(C=CCC=CC)C(=C)c1ccccc1. The van der Waals surface area contributed by atoms with E-state index >= 15 is 0 Å². The van der Waals surface area contributed by atoms with Crippen LogP contribution in [0.2, 0.25) is 0 Å². The highest BCUT2D eigenvalue weighted by atomic mass is 14.0. The van der Waals surface area contributed by atoms with Gasteiger partial charge in [0.05, 0.1) is 0 Å². The summed E-state index contributed by atoms with van der Waals surface area (Å²) in [7, 11) is 0. The average molecular weight is 210 g/mol. The predicted molar refractivity (Wildman–Crippen MR) is 73.2 cm³/mol. The van der Waals surface area contributed by atoms with Gasteiger partial charge >= 0.3 is 0 Å². The zero-order valence-electron chi connectivity index (χ0n) is 9.82. The molecule has 82 valence electrons. The molecule has 1 aromatic rings. The molecule has 1 rings (SSSR count). The first-order chi connectivity index (χ1) is 7.75. The molecule has 0 radical (unpaired) electrons. The van der Waals surface area contributed by atoms with E-state index in [2.05, 4.69) is 25.3 Å². The standard InChI is InChI=1S/C16H18/c1-4-5-6-8-11-14(2)15(3)16-12-9-7-10-13-16/h4-5,7-13H,2-3,6H2,1H3. The van der Waals surface area contributed by atoms with Crippen LogP contribution in [-0.2, 0) is 0 Å². The Morgan fingerprint density at radius 2 is 1.81 bits per heavy atom. The van der Waals surface area contributed by atoms with E-state index in [-0.39, 0.29) is 0 Å². The second-order valence-electron chi connectivity index (χ2n) is 3.58. The zero-order chi connectivity index (χ0) is 11.8. The molecule has 1 aromatic carbocycles. The summed E-state index contributed by atoms with van der Waals surface area (Å²) < 4.78 is 0. The Kier molecular flexibility index (Phi) is 5.07. The van der Waals surface area contributed by atoms with Crippen LogP contribution in [0, 0.1) is 0 Å². The van der Waals surface area contributed by atoms with E-state index < -0.39 is 0 Å². The second kappa shape index (κ2) is 6.62.